The number of hydrogen-bond donors (Lipinski definition) is 1. The predicted molar refractivity (Wildman–Crippen MR) is 118 cm³/mol. The second-order valence-electron chi connectivity index (χ2n) is 6.91. The molecule has 0 radical (unpaired) electrons. The highest BCUT2D eigenvalue weighted by Crippen LogP contribution is 2.29. The van der Waals surface area contributed by atoms with Crippen LogP contribution in [0.2, 0.25) is 5.02 Å². The van der Waals surface area contributed by atoms with Crippen molar-refractivity contribution in [2.75, 3.05) is 19.0 Å². The Morgan fingerprint density at radius 2 is 2.03 bits per heavy atom. The number of carbonyl (C=O) groups excluding carboxylic acids is 2. The number of nitrogens with one attached hydrogen (secondary N) is 1. The molecule has 2 amide bonds. The van der Waals surface area contributed by atoms with Crippen molar-refractivity contribution in [3.8, 4) is 16.3 Å². The van der Waals surface area contributed by atoms with Crippen molar-refractivity contribution in [1.82, 2.24) is 9.88 Å². The van der Waals surface area contributed by atoms with Crippen molar-refractivity contribution in [2.45, 2.75) is 18.9 Å². The summed E-state index contributed by atoms with van der Waals surface area (Å²) in [5.74, 6) is -0.0248. The Morgan fingerprint density at radius 3 is 2.73 bits per heavy atom. The van der Waals surface area contributed by atoms with E-state index in [-0.39, 0.29) is 11.8 Å². The van der Waals surface area contributed by atoms with E-state index >= 15 is 0 Å². The zero-order valence-electron chi connectivity index (χ0n) is 16.3. The minimum atomic E-state index is -0.542. The summed E-state index contributed by atoms with van der Waals surface area (Å²) in [5, 5.41) is 6.22. The summed E-state index contributed by atoms with van der Waals surface area (Å²) in [6.45, 7) is 0.509. The molecule has 2 heterocycles. The van der Waals surface area contributed by atoms with Crippen molar-refractivity contribution in [3.05, 3.63) is 64.6 Å². The van der Waals surface area contributed by atoms with E-state index in [4.69, 9.17) is 16.3 Å². The van der Waals surface area contributed by atoms with Crippen LogP contribution >= 0.6 is 22.9 Å². The quantitative estimate of drug-likeness (QED) is 0.622. The average Bonchev–Trinajstić information content (AvgIpc) is 3.46. The molecule has 1 aliphatic rings. The number of rotatable bonds is 5. The lowest BCUT2D eigenvalue weighted by Crippen LogP contribution is -2.43. The normalized spacial score (nSPS) is 15.8. The van der Waals surface area contributed by atoms with E-state index in [0.717, 1.165) is 17.0 Å². The Balaban J connectivity index is 1.48. The number of likely N-dealkylation sites (tertiary alicyclic amines) is 1. The lowest BCUT2D eigenvalue weighted by Gasteiger charge is -2.25. The maximum Gasteiger partial charge on any atom is 0.258 e. The molecule has 6 nitrogen and oxygen atoms in total. The molecule has 4 rings (SSSR count). The molecule has 154 valence electrons. The Hall–Kier alpha value is -2.90. The maximum atomic E-state index is 13.1. The van der Waals surface area contributed by atoms with Gasteiger partial charge in [-0.05, 0) is 55.3 Å². The molecule has 1 fully saturated rings. The molecule has 0 aliphatic carbocycles. The molecule has 0 bridgehead atoms. The smallest absolute Gasteiger partial charge is 0.258 e. The van der Waals surface area contributed by atoms with Gasteiger partial charge in [-0.1, -0.05) is 11.6 Å². The minimum absolute atomic E-state index is 0.205. The van der Waals surface area contributed by atoms with Crippen molar-refractivity contribution in [2.24, 2.45) is 0 Å². The van der Waals surface area contributed by atoms with Gasteiger partial charge in [0.1, 0.15) is 16.8 Å². The summed E-state index contributed by atoms with van der Waals surface area (Å²) in [7, 11) is 1.50. The summed E-state index contributed by atoms with van der Waals surface area (Å²) in [6.07, 6.45) is 3.13. The summed E-state index contributed by atoms with van der Waals surface area (Å²) >= 11 is 7.63. The van der Waals surface area contributed by atoms with E-state index in [0.29, 0.717) is 35.0 Å². The fourth-order valence-electron chi connectivity index (χ4n) is 3.57. The highest BCUT2D eigenvalue weighted by atomic mass is 35.5. The summed E-state index contributed by atoms with van der Waals surface area (Å²) in [4.78, 5) is 31.9. The Morgan fingerprint density at radius 1 is 1.23 bits per heavy atom. The first-order chi connectivity index (χ1) is 14.6. The first-order valence-corrected chi connectivity index (χ1v) is 10.8. The largest absolute Gasteiger partial charge is 0.496 e. The number of aromatic nitrogens is 1. The third-order valence-corrected chi connectivity index (χ3v) is 6.10. The first kappa shape index (κ1) is 20.4. The molecule has 30 heavy (non-hydrogen) atoms. The highest BCUT2D eigenvalue weighted by molar-refractivity contribution is 7.13. The molecule has 0 saturated carbocycles. The van der Waals surface area contributed by atoms with Gasteiger partial charge < -0.3 is 15.0 Å². The second kappa shape index (κ2) is 8.85. The van der Waals surface area contributed by atoms with Gasteiger partial charge in [-0.3, -0.25) is 9.59 Å². The molecule has 2 aromatic carbocycles. The molecular formula is C22H20ClN3O3S. The van der Waals surface area contributed by atoms with Gasteiger partial charge in [0.25, 0.3) is 5.91 Å². The number of nitrogens with zero attached hydrogens (tertiary/aromatic N) is 2. The molecule has 1 aromatic heterocycles. The number of hydrogen-bond acceptors (Lipinski definition) is 5. The number of halogens is 1. The van der Waals surface area contributed by atoms with E-state index in [2.05, 4.69) is 10.3 Å². The van der Waals surface area contributed by atoms with E-state index in [1.54, 1.807) is 40.6 Å². The topological polar surface area (TPSA) is 71.5 Å². The van der Waals surface area contributed by atoms with Gasteiger partial charge in [0, 0.05) is 34.4 Å². The monoisotopic (exact) mass is 441 g/mol. The van der Waals surface area contributed by atoms with Gasteiger partial charge in [-0.25, -0.2) is 4.98 Å². The van der Waals surface area contributed by atoms with Crippen LogP contribution in [-0.4, -0.2) is 41.4 Å². The molecule has 3 aromatic rings. The number of thiazole rings is 1. The van der Waals surface area contributed by atoms with Crippen LogP contribution in [0.4, 0.5) is 5.69 Å². The molecule has 1 aliphatic heterocycles. The van der Waals surface area contributed by atoms with Gasteiger partial charge in [0.05, 0.1) is 12.7 Å². The van der Waals surface area contributed by atoms with Crippen molar-refractivity contribution in [3.63, 3.8) is 0 Å². The van der Waals surface area contributed by atoms with E-state index in [9.17, 15) is 9.59 Å². The van der Waals surface area contributed by atoms with Gasteiger partial charge in [-0.2, -0.15) is 0 Å². The summed E-state index contributed by atoms with van der Waals surface area (Å²) in [6, 6.07) is 11.9. The van der Waals surface area contributed by atoms with Crippen molar-refractivity contribution in [1.29, 1.82) is 0 Å². The first-order valence-electron chi connectivity index (χ1n) is 9.52. The van der Waals surface area contributed by atoms with Crippen LogP contribution in [0.3, 0.4) is 0 Å². The van der Waals surface area contributed by atoms with Gasteiger partial charge in [0.2, 0.25) is 5.91 Å². The van der Waals surface area contributed by atoms with Gasteiger partial charge in [-0.15, -0.1) is 11.3 Å². The van der Waals surface area contributed by atoms with Crippen LogP contribution in [0.25, 0.3) is 10.6 Å². The predicted octanol–water partition coefficient (Wildman–Crippen LogP) is 4.72. The zero-order chi connectivity index (χ0) is 21.1. The zero-order valence-corrected chi connectivity index (χ0v) is 17.9. The number of benzene rings is 2. The van der Waals surface area contributed by atoms with Crippen molar-refractivity contribution < 1.29 is 14.3 Å². The van der Waals surface area contributed by atoms with Crippen LogP contribution in [0.1, 0.15) is 23.2 Å². The SMILES string of the molecule is COc1ccc(Cl)cc1C(=O)N1CCCC1C(=O)Nc1ccc(-c2nccs2)cc1. The lowest BCUT2D eigenvalue weighted by atomic mass is 10.1. The van der Waals surface area contributed by atoms with Crippen LogP contribution in [0.15, 0.2) is 54.0 Å². The summed E-state index contributed by atoms with van der Waals surface area (Å²) in [5.41, 5.74) is 2.03. The van der Waals surface area contributed by atoms with Gasteiger partial charge in [0.15, 0.2) is 0 Å². The fraction of sp³-hybridized carbons (Fsp3) is 0.227. The molecule has 8 heteroatoms. The maximum absolute atomic E-state index is 13.1. The summed E-state index contributed by atoms with van der Waals surface area (Å²) < 4.78 is 5.30. The van der Waals surface area contributed by atoms with E-state index < -0.39 is 6.04 Å². The molecule has 0 spiro atoms. The average molecular weight is 442 g/mol. The van der Waals surface area contributed by atoms with Crippen LogP contribution < -0.4 is 10.1 Å². The number of anilines is 1. The van der Waals surface area contributed by atoms with E-state index in [1.165, 1.54) is 7.11 Å². The third-order valence-electron chi connectivity index (χ3n) is 5.04. The molecule has 1 N–H and O–H groups in total. The number of amides is 2. The lowest BCUT2D eigenvalue weighted by molar-refractivity contribution is -0.119. The van der Waals surface area contributed by atoms with Crippen molar-refractivity contribution >= 4 is 40.4 Å². The molecule has 1 atom stereocenters. The number of ether oxygens (including phenoxy) is 1. The molecule has 1 saturated heterocycles. The molecular weight excluding hydrogens is 422 g/mol. The minimum Gasteiger partial charge on any atom is -0.496 e. The Bertz CT molecular complexity index is 1050. The van der Waals surface area contributed by atoms with Crippen LogP contribution in [0, 0.1) is 0 Å². The Kier molecular flexibility index (Phi) is 6.01. The van der Waals surface area contributed by atoms with Gasteiger partial charge >= 0.3 is 0 Å². The number of carbonyl (C=O) groups is 2. The fourth-order valence-corrected chi connectivity index (χ4v) is 4.39. The second-order valence-corrected chi connectivity index (χ2v) is 8.24. The highest BCUT2D eigenvalue weighted by Gasteiger charge is 2.35. The van der Waals surface area contributed by atoms with Crippen LogP contribution in [0.5, 0.6) is 5.75 Å². The third kappa shape index (κ3) is 4.17. The van der Waals surface area contributed by atoms with E-state index in [1.807, 2.05) is 29.6 Å². The molecule has 1 unspecified atom stereocenters. The van der Waals surface area contributed by atoms with Crippen LogP contribution in [-0.2, 0) is 4.79 Å². The Labute approximate surface area is 183 Å². The standard InChI is InChI=1S/C22H20ClN3O3S/c1-29-19-9-6-15(23)13-17(19)22(28)26-11-2-3-18(26)20(27)25-16-7-4-14(5-8-16)21-24-10-12-30-21/h4-10,12-13,18H,2-3,11H2,1H3,(H,25,27). The number of methoxy groups -OCH3 is 1.